The van der Waals surface area contributed by atoms with Crippen LogP contribution >= 0.6 is 0 Å². The van der Waals surface area contributed by atoms with E-state index in [1.165, 1.54) is 6.42 Å². The van der Waals surface area contributed by atoms with Crippen molar-refractivity contribution in [2.75, 3.05) is 6.54 Å². The second-order valence-corrected chi connectivity index (χ2v) is 4.80. The summed E-state index contributed by atoms with van der Waals surface area (Å²) in [4.78, 5) is 25.6. The first-order valence-corrected chi connectivity index (χ1v) is 5.60. The minimum atomic E-state index is 0.0434. The molecule has 3 atom stereocenters. The van der Waals surface area contributed by atoms with E-state index < -0.39 is 0 Å². The molecule has 1 amide bonds. The van der Waals surface area contributed by atoms with Crippen molar-refractivity contribution < 1.29 is 9.59 Å². The van der Waals surface area contributed by atoms with E-state index >= 15 is 0 Å². The maximum absolute atomic E-state index is 11.9. The Hall–Kier alpha value is -0.860. The summed E-state index contributed by atoms with van der Waals surface area (Å²) in [5, 5.41) is 0. The van der Waals surface area contributed by atoms with Crippen LogP contribution in [0, 0.1) is 11.8 Å². The molecule has 3 rings (SSSR count). The number of carbonyl (C=O) groups excluding carboxylic acids is 2. The molecule has 0 aromatic rings. The van der Waals surface area contributed by atoms with E-state index in [0.717, 1.165) is 25.8 Å². The third-order valence-electron chi connectivity index (χ3n) is 4.05. The summed E-state index contributed by atoms with van der Waals surface area (Å²) in [6.07, 6.45) is 4.73. The largest absolute Gasteiger partial charge is 0.339 e. The average Bonchev–Trinajstić information content (AvgIpc) is 2.55. The van der Waals surface area contributed by atoms with Crippen LogP contribution in [0.4, 0.5) is 0 Å². The first kappa shape index (κ1) is 8.45. The molecule has 3 nitrogen and oxygen atoms in total. The standard InChI is InChI=1S/C11H15NO2/c13-10-6-7-5-8(10)9-3-1-2-4-12(9)11(7)14/h7-9H,1-6H2/t7?,8-,9+/m1/s1. The smallest absolute Gasteiger partial charge is 0.226 e. The van der Waals surface area contributed by atoms with E-state index in [2.05, 4.69) is 0 Å². The number of carbonyl (C=O) groups is 2. The highest BCUT2D eigenvalue weighted by molar-refractivity contribution is 5.95. The molecule has 3 aliphatic rings. The fourth-order valence-corrected chi connectivity index (χ4v) is 3.36. The van der Waals surface area contributed by atoms with E-state index in [-0.39, 0.29) is 23.8 Å². The van der Waals surface area contributed by atoms with Crippen LogP contribution in [0.5, 0.6) is 0 Å². The number of ketones is 1. The van der Waals surface area contributed by atoms with Crippen LogP contribution in [0.25, 0.3) is 0 Å². The van der Waals surface area contributed by atoms with Crippen LogP contribution < -0.4 is 0 Å². The summed E-state index contributed by atoms with van der Waals surface area (Å²) in [5.74, 6) is 0.842. The molecule has 0 aromatic carbocycles. The number of amides is 1. The highest BCUT2D eigenvalue weighted by Crippen LogP contribution is 2.42. The summed E-state index contributed by atoms with van der Waals surface area (Å²) >= 11 is 0. The van der Waals surface area contributed by atoms with Gasteiger partial charge in [-0.1, -0.05) is 0 Å². The highest BCUT2D eigenvalue weighted by atomic mass is 16.2. The molecule has 3 heteroatoms. The molecule has 2 aliphatic heterocycles. The molecule has 14 heavy (non-hydrogen) atoms. The van der Waals surface area contributed by atoms with Gasteiger partial charge in [0, 0.05) is 30.8 Å². The van der Waals surface area contributed by atoms with Crippen molar-refractivity contribution in [2.24, 2.45) is 11.8 Å². The van der Waals surface area contributed by atoms with E-state index in [9.17, 15) is 9.59 Å². The number of rotatable bonds is 0. The lowest BCUT2D eigenvalue weighted by atomic mass is 9.84. The topological polar surface area (TPSA) is 37.4 Å². The SMILES string of the molecule is O=C1CC2C[C@@H]1[C@@H]1CCCCN1C2=O. The van der Waals surface area contributed by atoms with Gasteiger partial charge in [-0.2, -0.15) is 0 Å². The summed E-state index contributed by atoms with van der Waals surface area (Å²) in [6, 6.07) is 0.266. The van der Waals surface area contributed by atoms with Gasteiger partial charge in [-0.3, -0.25) is 9.59 Å². The van der Waals surface area contributed by atoms with Crippen molar-refractivity contribution >= 4 is 11.7 Å². The van der Waals surface area contributed by atoms with Crippen LogP contribution in [0.15, 0.2) is 0 Å². The van der Waals surface area contributed by atoms with Crippen LogP contribution in [-0.4, -0.2) is 29.2 Å². The fourth-order valence-electron chi connectivity index (χ4n) is 3.36. The molecular formula is C11H15NO2. The molecule has 2 heterocycles. The molecule has 1 aliphatic carbocycles. The summed E-state index contributed by atoms with van der Waals surface area (Å²) in [7, 11) is 0. The van der Waals surface area contributed by atoms with Gasteiger partial charge in [0.25, 0.3) is 0 Å². The highest BCUT2D eigenvalue weighted by Gasteiger charge is 2.50. The van der Waals surface area contributed by atoms with Crippen molar-refractivity contribution in [3.05, 3.63) is 0 Å². The Morgan fingerprint density at radius 1 is 1.21 bits per heavy atom. The number of hydrogen-bond donors (Lipinski definition) is 0. The zero-order valence-corrected chi connectivity index (χ0v) is 8.24. The van der Waals surface area contributed by atoms with Crippen LogP contribution in [0.2, 0.25) is 0 Å². The van der Waals surface area contributed by atoms with Crippen molar-refractivity contribution in [1.82, 2.24) is 4.90 Å². The molecule has 0 aromatic heterocycles. The number of piperidine rings is 2. The lowest BCUT2D eigenvalue weighted by molar-refractivity contribution is -0.143. The second kappa shape index (κ2) is 2.81. The van der Waals surface area contributed by atoms with Gasteiger partial charge in [0.2, 0.25) is 5.91 Å². The van der Waals surface area contributed by atoms with E-state index in [1.807, 2.05) is 4.90 Å². The molecule has 76 valence electrons. The van der Waals surface area contributed by atoms with Crippen LogP contribution in [-0.2, 0) is 9.59 Å². The third-order valence-corrected chi connectivity index (χ3v) is 4.05. The van der Waals surface area contributed by atoms with E-state index in [0.29, 0.717) is 12.2 Å². The van der Waals surface area contributed by atoms with Gasteiger partial charge in [0.1, 0.15) is 5.78 Å². The molecule has 1 unspecified atom stereocenters. The maximum atomic E-state index is 11.9. The molecule has 0 radical (unpaired) electrons. The van der Waals surface area contributed by atoms with Gasteiger partial charge < -0.3 is 4.90 Å². The number of fused-ring (bicyclic) bond motifs is 4. The van der Waals surface area contributed by atoms with E-state index in [4.69, 9.17) is 0 Å². The summed E-state index contributed by atoms with van der Waals surface area (Å²) in [5.41, 5.74) is 0. The minimum Gasteiger partial charge on any atom is -0.339 e. The minimum absolute atomic E-state index is 0.0434. The lowest BCUT2D eigenvalue weighted by Crippen LogP contribution is -2.52. The predicted octanol–water partition coefficient (Wildman–Crippen LogP) is 0.976. The maximum Gasteiger partial charge on any atom is 0.226 e. The van der Waals surface area contributed by atoms with Gasteiger partial charge >= 0.3 is 0 Å². The Labute approximate surface area is 83.5 Å². The zero-order chi connectivity index (χ0) is 9.71. The Morgan fingerprint density at radius 2 is 2.07 bits per heavy atom. The number of hydrogen-bond acceptors (Lipinski definition) is 2. The van der Waals surface area contributed by atoms with Crippen molar-refractivity contribution in [3.63, 3.8) is 0 Å². The van der Waals surface area contributed by atoms with Crippen LogP contribution in [0.3, 0.4) is 0 Å². The van der Waals surface area contributed by atoms with Crippen molar-refractivity contribution in [1.29, 1.82) is 0 Å². The van der Waals surface area contributed by atoms with Crippen molar-refractivity contribution in [3.8, 4) is 0 Å². The predicted molar refractivity (Wildman–Crippen MR) is 50.6 cm³/mol. The van der Waals surface area contributed by atoms with Gasteiger partial charge in [-0.05, 0) is 25.7 Å². The van der Waals surface area contributed by atoms with Crippen molar-refractivity contribution in [2.45, 2.75) is 38.1 Å². The number of Topliss-reactive ketones (excluding diaryl/α,β-unsaturated/α-hetero) is 1. The quantitative estimate of drug-likeness (QED) is 0.575. The summed E-state index contributed by atoms with van der Waals surface area (Å²) in [6.45, 7) is 0.893. The van der Waals surface area contributed by atoms with Crippen LogP contribution in [0.1, 0.15) is 32.1 Å². The van der Waals surface area contributed by atoms with Gasteiger partial charge in [0.15, 0.2) is 0 Å². The second-order valence-electron chi connectivity index (χ2n) is 4.80. The molecule has 0 N–H and O–H groups in total. The van der Waals surface area contributed by atoms with Gasteiger partial charge in [-0.15, -0.1) is 0 Å². The first-order chi connectivity index (χ1) is 6.77. The van der Waals surface area contributed by atoms with E-state index in [1.54, 1.807) is 0 Å². The molecule has 3 fully saturated rings. The first-order valence-electron chi connectivity index (χ1n) is 5.60. The molecule has 2 saturated heterocycles. The normalized spacial score (nSPS) is 41.4. The number of nitrogens with zero attached hydrogens (tertiary/aromatic N) is 1. The molecular weight excluding hydrogens is 178 g/mol. The average molecular weight is 193 g/mol. The third kappa shape index (κ3) is 0.983. The Kier molecular flexibility index (Phi) is 1.70. The Bertz CT molecular complexity index is 300. The zero-order valence-electron chi connectivity index (χ0n) is 8.24. The summed E-state index contributed by atoms with van der Waals surface area (Å²) < 4.78 is 0. The van der Waals surface area contributed by atoms with Gasteiger partial charge in [-0.25, -0.2) is 0 Å². The molecule has 2 bridgehead atoms. The molecule has 1 saturated carbocycles. The lowest BCUT2D eigenvalue weighted by Gasteiger charge is -2.42. The monoisotopic (exact) mass is 193 g/mol. The molecule has 0 spiro atoms. The Balaban J connectivity index is 1.95. The fraction of sp³-hybridized carbons (Fsp3) is 0.818. The van der Waals surface area contributed by atoms with Gasteiger partial charge in [0.05, 0.1) is 0 Å². The Morgan fingerprint density at radius 3 is 2.93 bits per heavy atom.